The number of aliphatic hydroxyl groups excluding tert-OH is 1. The van der Waals surface area contributed by atoms with Crippen LogP contribution in [0.5, 0.6) is 0 Å². The third-order valence-corrected chi connectivity index (χ3v) is 5.92. The van der Waals surface area contributed by atoms with Crippen molar-refractivity contribution in [2.45, 2.75) is 44.2 Å². The maximum Gasteiger partial charge on any atom is 0.275 e. The predicted molar refractivity (Wildman–Crippen MR) is 103 cm³/mol. The van der Waals surface area contributed by atoms with E-state index in [-0.39, 0.29) is 11.6 Å². The maximum absolute atomic E-state index is 12.0. The number of rotatable bonds is 4. The molecule has 0 aliphatic carbocycles. The van der Waals surface area contributed by atoms with Gasteiger partial charge >= 0.3 is 0 Å². The minimum atomic E-state index is -0.503. The van der Waals surface area contributed by atoms with Crippen LogP contribution in [0.3, 0.4) is 0 Å². The minimum Gasteiger partial charge on any atom is -0.388 e. The van der Waals surface area contributed by atoms with Gasteiger partial charge in [-0.3, -0.25) is 4.79 Å². The molecule has 0 bridgehead atoms. The maximum atomic E-state index is 12.0. The summed E-state index contributed by atoms with van der Waals surface area (Å²) in [5, 5.41) is 16.0. The normalized spacial score (nSPS) is 19.4. The molecule has 0 radical (unpaired) electrons. The van der Waals surface area contributed by atoms with E-state index in [1.54, 1.807) is 0 Å². The molecule has 1 saturated heterocycles. The Morgan fingerprint density at radius 1 is 1.19 bits per heavy atom. The zero-order chi connectivity index (χ0) is 17.9. The second-order valence-electron chi connectivity index (χ2n) is 6.72. The summed E-state index contributed by atoms with van der Waals surface area (Å²) in [5.74, 6) is 0. The van der Waals surface area contributed by atoms with Crippen LogP contribution < -0.4 is 10.5 Å². The molecule has 1 aliphatic rings. The van der Waals surface area contributed by atoms with E-state index in [0.717, 1.165) is 36.5 Å². The topological polar surface area (TPSA) is 70.7 Å². The van der Waals surface area contributed by atoms with Crippen LogP contribution in [0.4, 0.5) is 5.13 Å². The van der Waals surface area contributed by atoms with Crippen molar-refractivity contribution in [2.75, 3.05) is 11.4 Å². The average Bonchev–Trinajstić information content (AvgIpc) is 2.97. The van der Waals surface area contributed by atoms with E-state index < -0.39 is 6.10 Å². The van der Waals surface area contributed by atoms with Crippen molar-refractivity contribution < 1.29 is 5.11 Å². The molecule has 0 spiro atoms. The van der Waals surface area contributed by atoms with E-state index >= 15 is 0 Å². The van der Waals surface area contributed by atoms with Crippen molar-refractivity contribution in [3.8, 4) is 0 Å². The number of hydrogen-bond donors (Lipinski definition) is 1. The Morgan fingerprint density at radius 3 is 2.85 bits per heavy atom. The fourth-order valence-corrected chi connectivity index (χ4v) is 4.57. The highest BCUT2D eigenvalue weighted by Crippen LogP contribution is 2.32. The average molecular weight is 370 g/mol. The first-order chi connectivity index (χ1) is 12.7. The highest BCUT2D eigenvalue weighted by molar-refractivity contribution is 7.20. The summed E-state index contributed by atoms with van der Waals surface area (Å²) in [6.45, 7) is 0.890. The first-order valence-corrected chi connectivity index (χ1v) is 9.88. The molecule has 6 nitrogen and oxygen atoms in total. The fourth-order valence-electron chi connectivity index (χ4n) is 3.59. The quantitative estimate of drug-likeness (QED) is 0.764. The number of hydrogen-bond acceptors (Lipinski definition) is 6. The standard InChI is InChI=1S/C19H22N4O2S/c24-16(14-7-3-1-4-8-14)13-15-9-5-2-6-12-22(15)19-21-23-17(25)10-11-20-18(23)26-19/h1,3-4,7-8,10-11,15-16,24H,2,5-6,9,12-13H2/t15-,16-/m1/s1. The molecule has 2 aromatic heterocycles. The smallest absolute Gasteiger partial charge is 0.275 e. The van der Waals surface area contributed by atoms with Gasteiger partial charge in [0, 0.05) is 24.8 Å². The van der Waals surface area contributed by atoms with Crippen molar-refractivity contribution in [2.24, 2.45) is 0 Å². The molecule has 1 N–H and O–H groups in total. The molecule has 1 fully saturated rings. The van der Waals surface area contributed by atoms with Crippen LogP contribution in [0.1, 0.15) is 43.8 Å². The third kappa shape index (κ3) is 3.50. The lowest BCUT2D eigenvalue weighted by Crippen LogP contribution is -2.36. The van der Waals surface area contributed by atoms with Gasteiger partial charge in [-0.05, 0) is 24.8 Å². The molecule has 3 heterocycles. The van der Waals surface area contributed by atoms with Crippen molar-refractivity contribution in [3.63, 3.8) is 0 Å². The first kappa shape index (κ1) is 17.2. The van der Waals surface area contributed by atoms with Gasteiger partial charge in [0.1, 0.15) is 0 Å². The molecule has 7 heteroatoms. The van der Waals surface area contributed by atoms with Crippen LogP contribution in [0.25, 0.3) is 4.96 Å². The third-order valence-electron chi connectivity index (χ3n) is 4.96. The van der Waals surface area contributed by atoms with E-state index in [0.29, 0.717) is 11.4 Å². The van der Waals surface area contributed by atoms with Gasteiger partial charge < -0.3 is 10.0 Å². The van der Waals surface area contributed by atoms with Gasteiger partial charge in [0.05, 0.1) is 6.10 Å². The second kappa shape index (κ2) is 7.55. The van der Waals surface area contributed by atoms with Crippen LogP contribution in [0.15, 0.2) is 47.4 Å². The highest BCUT2D eigenvalue weighted by atomic mass is 32.1. The summed E-state index contributed by atoms with van der Waals surface area (Å²) in [6.07, 6.45) is 6.11. The van der Waals surface area contributed by atoms with E-state index in [1.165, 1.54) is 34.5 Å². The Kier molecular flexibility index (Phi) is 4.99. The largest absolute Gasteiger partial charge is 0.388 e. The van der Waals surface area contributed by atoms with E-state index in [2.05, 4.69) is 15.0 Å². The molecule has 2 atom stereocenters. The first-order valence-electron chi connectivity index (χ1n) is 9.07. The molecule has 1 aliphatic heterocycles. The van der Waals surface area contributed by atoms with Gasteiger partial charge in [0.25, 0.3) is 5.56 Å². The molecule has 0 amide bonds. The Morgan fingerprint density at radius 2 is 2.04 bits per heavy atom. The van der Waals surface area contributed by atoms with Gasteiger partial charge in [0.15, 0.2) is 0 Å². The van der Waals surface area contributed by atoms with Gasteiger partial charge in [-0.1, -0.05) is 54.5 Å². The Hall–Kier alpha value is -2.25. The lowest BCUT2D eigenvalue weighted by Gasteiger charge is -2.31. The van der Waals surface area contributed by atoms with Crippen molar-refractivity contribution >= 4 is 21.4 Å². The summed E-state index contributed by atoms with van der Waals surface area (Å²) < 4.78 is 1.37. The molecule has 26 heavy (non-hydrogen) atoms. The summed E-state index contributed by atoms with van der Waals surface area (Å²) >= 11 is 1.44. The molecule has 4 rings (SSSR count). The Labute approximate surface area is 155 Å². The SMILES string of the molecule is O=c1ccnc2sc(N3CCCCC[C@@H]3C[C@@H](O)c3ccccc3)nn12. The number of benzene rings is 1. The number of aromatic nitrogens is 3. The van der Waals surface area contributed by atoms with E-state index in [4.69, 9.17) is 0 Å². The summed E-state index contributed by atoms with van der Waals surface area (Å²) in [4.78, 5) is 19.1. The monoisotopic (exact) mass is 370 g/mol. The van der Waals surface area contributed by atoms with Crippen molar-refractivity contribution in [3.05, 3.63) is 58.5 Å². The Bertz CT molecular complexity index is 924. The van der Waals surface area contributed by atoms with Crippen molar-refractivity contribution in [1.82, 2.24) is 14.6 Å². The molecule has 1 aromatic carbocycles. The van der Waals surface area contributed by atoms with Gasteiger partial charge in [0.2, 0.25) is 10.1 Å². The van der Waals surface area contributed by atoms with Crippen LogP contribution in [-0.2, 0) is 0 Å². The molecule has 3 aromatic rings. The Balaban J connectivity index is 1.62. The zero-order valence-electron chi connectivity index (χ0n) is 14.5. The van der Waals surface area contributed by atoms with E-state index in [1.807, 2.05) is 30.3 Å². The fraction of sp³-hybridized carbons (Fsp3) is 0.421. The number of aliphatic hydroxyl groups is 1. The summed E-state index contributed by atoms with van der Waals surface area (Å²) in [6, 6.07) is 11.4. The zero-order valence-corrected chi connectivity index (χ0v) is 15.3. The lowest BCUT2D eigenvalue weighted by atomic mass is 9.98. The molecular weight excluding hydrogens is 348 g/mol. The van der Waals surface area contributed by atoms with Gasteiger partial charge in [-0.15, -0.1) is 5.10 Å². The predicted octanol–water partition coefficient (Wildman–Crippen LogP) is 3.02. The lowest BCUT2D eigenvalue weighted by molar-refractivity contribution is 0.155. The van der Waals surface area contributed by atoms with Crippen LogP contribution in [0, 0.1) is 0 Å². The highest BCUT2D eigenvalue weighted by Gasteiger charge is 2.27. The molecule has 136 valence electrons. The number of nitrogens with zero attached hydrogens (tertiary/aromatic N) is 4. The number of fused-ring (bicyclic) bond motifs is 1. The van der Waals surface area contributed by atoms with Crippen LogP contribution in [0.2, 0.25) is 0 Å². The van der Waals surface area contributed by atoms with E-state index in [9.17, 15) is 9.90 Å². The minimum absolute atomic E-state index is 0.159. The summed E-state index contributed by atoms with van der Waals surface area (Å²) in [7, 11) is 0. The molecular formula is C19H22N4O2S. The van der Waals surface area contributed by atoms with Crippen LogP contribution in [-0.4, -0.2) is 32.3 Å². The van der Waals surface area contributed by atoms with Gasteiger partial charge in [-0.25, -0.2) is 4.98 Å². The number of anilines is 1. The molecule has 0 unspecified atom stereocenters. The molecule has 0 saturated carbocycles. The van der Waals surface area contributed by atoms with Gasteiger partial charge in [-0.2, -0.15) is 4.52 Å². The second-order valence-corrected chi connectivity index (χ2v) is 7.66. The van der Waals surface area contributed by atoms with Crippen LogP contribution >= 0.6 is 11.3 Å². The summed E-state index contributed by atoms with van der Waals surface area (Å²) in [5.41, 5.74) is 0.784. The van der Waals surface area contributed by atoms with Crippen molar-refractivity contribution in [1.29, 1.82) is 0 Å².